The fourth-order valence-electron chi connectivity index (χ4n) is 2.61. The van der Waals surface area contributed by atoms with Crippen LogP contribution in [-0.4, -0.2) is 29.1 Å². The van der Waals surface area contributed by atoms with Crippen LogP contribution in [0.25, 0.3) is 0 Å². The quantitative estimate of drug-likeness (QED) is 0.892. The molecule has 1 heterocycles. The van der Waals surface area contributed by atoms with Gasteiger partial charge in [0.05, 0.1) is 0 Å². The van der Waals surface area contributed by atoms with E-state index in [0.717, 1.165) is 41.7 Å². The standard InChI is InChI=1S/C16H24Cl2N2/c1-5-16(4)11-20(15(2,3)10-19-16)9-12-13(17)7-6-8-14(12)18/h6-8,19H,5,9-11H2,1-4H3. The molecule has 0 amide bonds. The van der Waals surface area contributed by atoms with Gasteiger partial charge in [-0.2, -0.15) is 0 Å². The van der Waals surface area contributed by atoms with E-state index >= 15 is 0 Å². The molecular weight excluding hydrogens is 291 g/mol. The minimum absolute atomic E-state index is 0.0944. The third-order valence-electron chi connectivity index (χ3n) is 4.53. The average molecular weight is 315 g/mol. The highest BCUT2D eigenvalue weighted by molar-refractivity contribution is 6.35. The van der Waals surface area contributed by atoms with Crippen molar-refractivity contribution in [2.24, 2.45) is 0 Å². The second-order valence-corrected chi connectivity index (χ2v) is 7.45. The van der Waals surface area contributed by atoms with Crippen molar-refractivity contribution in [1.29, 1.82) is 0 Å². The Balaban J connectivity index is 2.25. The van der Waals surface area contributed by atoms with E-state index < -0.39 is 0 Å². The average Bonchev–Trinajstić information content (AvgIpc) is 2.39. The van der Waals surface area contributed by atoms with E-state index in [0.29, 0.717) is 0 Å². The molecule has 0 saturated carbocycles. The minimum Gasteiger partial charge on any atom is -0.308 e. The summed E-state index contributed by atoms with van der Waals surface area (Å²) in [6.45, 7) is 11.8. The third kappa shape index (κ3) is 3.30. The lowest BCUT2D eigenvalue weighted by molar-refractivity contribution is 0.0246. The van der Waals surface area contributed by atoms with Gasteiger partial charge in [0.25, 0.3) is 0 Å². The van der Waals surface area contributed by atoms with Crippen LogP contribution in [0.4, 0.5) is 0 Å². The maximum absolute atomic E-state index is 6.32. The highest BCUT2D eigenvalue weighted by Gasteiger charge is 2.39. The minimum atomic E-state index is 0.0944. The largest absolute Gasteiger partial charge is 0.308 e. The van der Waals surface area contributed by atoms with Crippen molar-refractivity contribution in [3.05, 3.63) is 33.8 Å². The highest BCUT2D eigenvalue weighted by Crippen LogP contribution is 2.31. The van der Waals surface area contributed by atoms with Gasteiger partial charge in [0.15, 0.2) is 0 Å². The lowest BCUT2D eigenvalue weighted by Crippen LogP contribution is -2.66. The molecule has 0 spiro atoms. The molecule has 1 atom stereocenters. The van der Waals surface area contributed by atoms with Crippen LogP contribution < -0.4 is 5.32 Å². The van der Waals surface area contributed by atoms with Crippen LogP contribution in [0.5, 0.6) is 0 Å². The molecule has 1 unspecified atom stereocenters. The second-order valence-electron chi connectivity index (χ2n) is 6.64. The lowest BCUT2D eigenvalue weighted by Gasteiger charge is -2.51. The first-order chi connectivity index (χ1) is 9.27. The molecule has 1 N–H and O–H groups in total. The van der Waals surface area contributed by atoms with E-state index in [1.807, 2.05) is 18.2 Å². The molecule has 2 nitrogen and oxygen atoms in total. The molecule has 2 rings (SSSR count). The Kier molecular flexibility index (Phi) is 4.70. The first kappa shape index (κ1) is 16.1. The fourth-order valence-corrected chi connectivity index (χ4v) is 3.13. The molecule has 1 aliphatic heterocycles. The van der Waals surface area contributed by atoms with E-state index in [-0.39, 0.29) is 11.1 Å². The van der Waals surface area contributed by atoms with Crippen LogP contribution in [0.15, 0.2) is 18.2 Å². The summed E-state index contributed by atoms with van der Waals surface area (Å²) in [4.78, 5) is 2.49. The van der Waals surface area contributed by atoms with Gasteiger partial charge in [-0.05, 0) is 39.3 Å². The Hall–Kier alpha value is -0.280. The summed E-state index contributed by atoms with van der Waals surface area (Å²) in [5, 5.41) is 5.18. The summed E-state index contributed by atoms with van der Waals surface area (Å²) in [6.07, 6.45) is 1.11. The van der Waals surface area contributed by atoms with Crippen LogP contribution in [0.1, 0.15) is 39.7 Å². The third-order valence-corrected chi connectivity index (χ3v) is 5.24. The molecule has 1 aromatic carbocycles. The number of nitrogens with one attached hydrogen (secondary N) is 1. The number of nitrogens with zero attached hydrogens (tertiary/aromatic N) is 1. The Morgan fingerprint density at radius 1 is 1.20 bits per heavy atom. The van der Waals surface area contributed by atoms with Crippen molar-refractivity contribution in [1.82, 2.24) is 10.2 Å². The van der Waals surface area contributed by atoms with Crippen molar-refractivity contribution in [3.63, 3.8) is 0 Å². The van der Waals surface area contributed by atoms with Crippen molar-refractivity contribution in [2.75, 3.05) is 13.1 Å². The Morgan fingerprint density at radius 3 is 2.35 bits per heavy atom. The van der Waals surface area contributed by atoms with Crippen LogP contribution in [0.2, 0.25) is 10.0 Å². The Labute approximate surface area is 132 Å². The number of halogens is 2. The van der Waals surface area contributed by atoms with Gasteiger partial charge in [0, 0.05) is 46.3 Å². The van der Waals surface area contributed by atoms with Crippen LogP contribution >= 0.6 is 23.2 Å². The van der Waals surface area contributed by atoms with Crippen molar-refractivity contribution < 1.29 is 0 Å². The molecule has 0 radical (unpaired) electrons. The van der Waals surface area contributed by atoms with Gasteiger partial charge in [0.2, 0.25) is 0 Å². The van der Waals surface area contributed by atoms with Gasteiger partial charge in [-0.1, -0.05) is 36.2 Å². The highest BCUT2D eigenvalue weighted by atomic mass is 35.5. The molecule has 1 aromatic rings. The summed E-state index contributed by atoms with van der Waals surface area (Å²) in [6, 6.07) is 5.72. The first-order valence-corrected chi connectivity index (χ1v) is 7.96. The number of benzene rings is 1. The van der Waals surface area contributed by atoms with E-state index in [4.69, 9.17) is 23.2 Å². The van der Waals surface area contributed by atoms with Gasteiger partial charge in [-0.25, -0.2) is 0 Å². The number of rotatable bonds is 3. The number of piperazine rings is 1. The van der Waals surface area contributed by atoms with Gasteiger partial charge in [0.1, 0.15) is 0 Å². The summed E-state index contributed by atoms with van der Waals surface area (Å²) < 4.78 is 0. The van der Waals surface area contributed by atoms with Crippen LogP contribution in [0, 0.1) is 0 Å². The predicted octanol–water partition coefficient (Wildman–Crippen LogP) is 4.35. The molecule has 112 valence electrons. The van der Waals surface area contributed by atoms with Gasteiger partial charge < -0.3 is 5.32 Å². The molecule has 1 aliphatic rings. The summed E-state index contributed by atoms with van der Waals surface area (Å²) in [5.74, 6) is 0. The van der Waals surface area contributed by atoms with Crippen LogP contribution in [-0.2, 0) is 6.54 Å². The fraction of sp³-hybridized carbons (Fsp3) is 0.625. The molecular formula is C16H24Cl2N2. The molecule has 0 bridgehead atoms. The summed E-state index contributed by atoms with van der Waals surface area (Å²) in [7, 11) is 0. The van der Waals surface area contributed by atoms with Crippen molar-refractivity contribution in [2.45, 2.75) is 51.7 Å². The number of hydrogen-bond donors (Lipinski definition) is 1. The summed E-state index contributed by atoms with van der Waals surface area (Å²) >= 11 is 12.6. The zero-order valence-corrected chi connectivity index (χ0v) is 14.3. The van der Waals surface area contributed by atoms with Crippen molar-refractivity contribution in [3.8, 4) is 0 Å². The number of hydrogen-bond acceptors (Lipinski definition) is 2. The Bertz CT molecular complexity index is 467. The maximum atomic E-state index is 6.32. The smallest absolute Gasteiger partial charge is 0.0465 e. The predicted molar refractivity (Wildman–Crippen MR) is 87.6 cm³/mol. The van der Waals surface area contributed by atoms with Crippen LogP contribution in [0.3, 0.4) is 0 Å². The normalized spacial score (nSPS) is 26.7. The molecule has 0 aliphatic carbocycles. The monoisotopic (exact) mass is 314 g/mol. The lowest BCUT2D eigenvalue weighted by atomic mass is 9.88. The maximum Gasteiger partial charge on any atom is 0.0465 e. The van der Waals surface area contributed by atoms with Gasteiger partial charge in [-0.15, -0.1) is 0 Å². The Morgan fingerprint density at radius 2 is 1.80 bits per heavy atom. The topological polar surface area (TPSA) is 15.3 Å². The molecule has 0 aromatic heterocycles. The molecule has 1 saturated heterocycles. The first-order valence-electron chi connectivity index (χ1n) is 7.20. The summed E-state index contributed by atoms with van der Waals surface area (Å²) in [5.41, 5.74) is 1.28. The van der Waals surface area contributed by atoms with Gasteiger partial charge >= 0.3 is 0 Å². The van der Waals surface area contributed by atoms with Gasteiger partial charge in [-0.3, -0.25) is 4.90 Å². The van der Waals surface area contributed by atoms with E-state index in [1.54, 1.807) is 0 Å². The zero-order chi connectivity index (χ0) is 15.0. The SMILES string of the molecule is CCC1(C)CN(Cc2c(Cl)cccc2Cl)C(C)(C)CN1. The van der Waals surface area contributed by atoms with Crippen molar-refractivity contribution >= 4 is 23.2 Å². The second kappa shape index (κ2) is 5.84. The molecule has 4 heteroatoms. The molecule has 20 heavy (non-hydrogen) atoms. The van der Waals surface area contributed by atoms with E-state index in [9.17, 15) is 0 Å². The van der Waals surface area contributed by atoms with E-state index in [2.05, 4.69) is 37.9 Å². The van der Waals surface area contributed by atoms with E-state index in [1.165, 1.54) is 0 Å². The molecule has 1 fully saturated rings. The zero-order valence-electron chi connectivity index (χ0n) is 12.8.